The van der Waals surface area contributed by atoms with E-state index in [1.807, 2.05) is 4.90 Å². The summed E-state index contributed by atoms with van der Waals surface area (Å²) in [5.74, 6) is 0.137. The normalized spacial score (nSPS) is 23.0. The van der Waals surface area contributed by atoms with E-state index in [4.69, 9.17) is 5.10 Å². The van der Waals surface area contributed by atoms with Gasteiger partial charge in [0.15, 0.2) is 5.69 Å². The molecule has 2 fully saturated rings. The van der Waals surface area contributed by atoms with Crippen LogP contribution in [-0.2, 0) is 24.8 Å². The van der Waals surface area contributed by atoms with Gasteiger partial charge in [0.2, 0.25) is 0 Å². The number of fused-ring (bicyclic) bond motifs is 1. The molecular weight excluding hydrogens is 434 g/mol. The van der Waals surface area contributed by atoms with Crippen molar-refractivity contribution in [3.05, 3.63) is 52.8 Å². The van der Waals surface area contributed by atoms with E-state index in [0.717, 1.165) is 65.0 Å². The Morgan fingerprint density at radius 2 is 1.86 bits per heavy atom. The second-order valence-corrected chi connectivity index (χ2v) is 11.1. The first kappa shape index (κ1) is 24.5. The summed E-state index contributed by atoms with van der Waals surface area (Å²) in [4.78, 5) is 18.0. The second-order valence-electron chi connectivity index (χ2n) is 11.1. The van der Waals surface area contributed by atoms with Crippen LogP contribution in [0.2, 0.25) is 0 Å². The lowest BCUT2D eigenvalue weighted by atomic mass is 9.69. The molecule has 6 heteroatoms. The van der Waals surface area contributed by atoms with Gasteiger partial charge in [0.05, 0.1) is 0 Å². The van der Waals surface area contributed by atoms with E-state index in [1.54, 1.807) is 0 Å². The van der Waals surface area contributed by atoms with Gasteiger partial charge >= 0.3 is 0 Å². The zero-order valence-electron chi connectivity index (χ0n) is 21.8. The molecule has 6 nitrogen and oxygen atoms in total. The van der Waals surface area contributed by atoms with Crippen molar-refractivity contribution >= 4 is 5.91 Å². The van der Waals surface area contributed by atoms with E-state index in [2.05, 4.69) is 59.2 Å². The number of nitrogens with zero attached hydrogens (tertiary/aromatic N) is 4. The maximum absolute atomic E-state index is 13.6. The molecule has 1 atom stereocenters. The minimum Gasteiger partial charge on any atom is -0.336 e. The van der Waals surface area contributed by atoms with E-state index in [-0.39, 0.29) is 11.3 Å². The first-order valence-electron chi connectivity index (χ1n) is 13.9. The molecule has 1 aromatic heterocycles. The molecule has 1 amide bonds. The predicted molar refractivity (Wildman–Crippen MR) is 141 cm³/mol. The third kappa shape index (κ3) is 5.19. The number of hydrogen-bond acceptors (Lipinski definition) is 4. The van der Waals surface area contributed by atoms with Gasteiger partial charge in [-0.05, 0) is 64.6 Å². The lowest BCUT2D eigenvalue weighted by Crippen LogP contribution is -2.45. The minimum atomic E-state index is 0.137. The van der Waals surface area contributed by atoms with Gasteiger partial charge < -0.3 is 15.1 Å². The molecule has 1 aliphatic heterocycles. The fourth-order valence-electron chi connectivity index (χ4n) is 6.62. The SMILES string of the molecule is CCn1nc(C(=O)N2CCCN(C)CC2)c2c1CC[C@H](NCC1(c3ccccc3)CCCCC1)C2. The highest BCUT2D eigenvalue weighted by atomic mass is 16.2. The molecule has 1 saturated heterocycles. The molecule has 1 N–H and O–H groups in total. The molecule has 0 spiro atoms. The molecule has 1 aromatic carbocycles. The number of aryl methyl sites for hydroxylation is 1. The fraction of sp³-hybridized carbons (Fsp3) is 0.655. The lowest BCUT2D eigenvalue weighted by Gasteiger charge is -2.40. The van der Waals surface area contributed by atoms with Crippen LogP contribution < -0.4 is 5.32 Å². The van der Waals surface area contributed by atoms with Crippen molar-refractivity contribution in [3.8, 4) is 0 Å². The highest BCUT2D eigenvalue weighted by Gasteiger charge is 2.36. The van der Waals surface area contributed by atoms with E-state index < -0.39 is 0 Å². The quantitative estimate of drug-likeness (QED) is 0.683. The van der Waals surface area contributed by atoms with Crippen molar-refractivity contribution in [3.63, 3.8) is 0 Å². The van der Waals surface area contributed by atoms with E-state index in [0.29, 0.717) is 11.7 Å². The number of likely N-dealkylation sites (N-methyl/N-ethyl adjacent to an activating group) is 1. The first-order chi connectivity index (χ1) is 17.1. The van der Waals surface area contributed by atoms with Crippen LogP contribution in [0.25, 0.3) is 0 Å². The number of aromatic nitrogens is 2. The fourth-order valence-corrected chi connectivity index (χ4v) is 6.62. The Balaban J connectivity index is 1.32. The monoisotopic (exact) mass is 477 g/mol. The molecule has 190 valence electrons. The summed E-state index contributed by atoms with van der Waals surface area (Å²) in [5, 5.41) is 8.86. The Kier molecular flexibility index (Phi) is 7.59. The maximum Gasteiger partial charge on any atom is 0.274 e. The number of carbonyl (C=O) groups excluding carboxylic acids is 1. The number of hydrogen-bond donors (Lipinski definition) is 1. The molecule has 2 aliphatic carbocycles. The molecule has 5 rings (SSSR count). The lowest BCUT2D eigenvalue weighted by molar-refractivity contribution is 0.0754. The summed E-state index contributed by atoms with van der Waals surface area (Å²) in [6, 6.07) is 11.6. The zero-order chi connectivity index (χ0) is 24.3. The number of benzene rings is 1. The van der Waals surface area contributed by atoms with E-state index in [9.17, 15) is 4.79 Å². The number of carbonyl (C=O) groups is 1. The average Bonchev–Trinajstić information content (AvgIpc) is 3.13. The van der Waals surface area contributed by atoms with Crippen molar-refractivity contribution in [2.24, 2.45) is 0 Å². The summed E-state index contributed by atoms with van der Waals surface area (Å²) < 4.78 is 2.09. The molecule has 2 aromatic rings. The van der Waals surface area contributed by atoms with E-state index >= 15 is 0 Å². The number of amides is 1. The van der Waals surface area contributed by atoms with Gasteiger partial charge in [-0.15, -0.1) is 0 Å². The van der Waals surface area contributed by atoms with Crippen LogP contribution in [-0.4, -0.2) is 71.3 Å². The highest BCUT2D eigenvalue weighted by molar-refractivity contribution is 5.94. The topological polar surface area (TPSA) is 53.4 Å². The van der Waals surface area contributed by atoms with Crippen LogP contribution in [0.5, 0.6) is 0 Å². The van der Waals surface area contributed by atoms with Gasteiger partial charge in [-0.2, -0.15) is 5.10 Å². The van der Waals surface area contributed by atoms with Crippen LogP contribution >= 0.6 is 0 Å². The largest absolute Gasteiger partial charge is 0.336 e. The molecule has 2 heterocycles. The Hall–Kier alpha value is -2.18. The number of rotatable bonds is 6. The first-order valence-corrected chi connectivity index (χ1v) is 13.9. The Morgan fingerprint density at radius 1 is 1.06 bits per heavy atom. The van der Waals surface area contributed by atoms with Crippen LogP contribution in [0.15, 0.2) is 30.3 Å². The van der Waals surface area contributed by atoms with Gasteiger partial charge in [-0.1, -0.05) is 49.6 Å². The van der Waals surface area contributed by atoms with Crippen molar-refractivity contribution in [2.75, 3.05) is 39.8 Å². The van der Waals surface area contributed by atoms with E-state index in [1.165, 1.54) is 48.9 Å². The Labute approximate surface area is 211 Å². The predicted octanol–water partition coefficient (Wildman–Crippen LogP) is 4.03. The summed E-state index contributed by atoms with van der Waals surface area (Å²) in [6.07, 6.45) is 10.6. The van der Waals surface area contributed by atoms with Crippen LogP contribution in [0.3, 0.4) is 0 Å². The Bertz CT molecular complexity index is 994. The van der Waals surface area contributed by atoms with Crippen molar-refractivity contribution in [1.29, 1.82) is 0 Å². The van der Waals surface area contributed by atoms with Crippen molar-refractivity contribution in [1.82, 2.24) is 24.9 Å². The number of nitrogens with one attached hydrogen (secondary N) is 1. The summed E-state index contributed by atoms with van der Waals surface area (Å²) in [7, 11) is 2.15. The molecule has 1 saturated carbocycles. The summed E-state index contributed by atoms with van der Waals surface area (Å²) in [6.45, 7) is 7.62. The maximum atomic E-state index is 13.6. The van der Waals surface area contributed by atoms with Gasteiger partial charge in [0, 0.05) is 55.4 Å². The molecule has 0 radical (unpaired) electrons. The summed E-state index contributed by atoms with van der Waals surface area (Å²) in [5.41, 5.74) is 4.94. The molecular formula is C29H43N5O. The highest BCUT2D eigenvalue weighted by Crippen LogP contribution is 2.39. The van der Waals surface area contributed by atoms with Crippen molar-refractivity contribution < 1.29 is 4.79 Å². The van der Waals surface area contributed by atoms with Crippen molar-refractivity contribution in [2.45, 2.75) is 82.7 Å². The Morgan fingerprint density at radius 3 is 2.63 bits per heavy atom. The van der Waals surface area contributed by atoms with Gasteiger partial charge in [-0.25, -0.2) is 0 Å². The molecule has 0 bridgehead atoms. The van der Waals surface area contributed by atoms with Crippen LogP contribution in [0.4, 0.5) is 0 Å². The molecule has 3 aliphatic rings. The standard InChI is InChI=1S/C29H43N5O/c1-3-34-26-14-13-24(30-22-29(15-8-5-9-16-29)23-11-6-4-7-12-23)21-25(26)27(31-34)28(35)33-18-10-17-32(2)19-20-33/h4,6-7,11-12,24,30H,3,5,8-10,13-22H2,1-2H3/t24-/m0/s1. The second kappa shape index (κ2) is 10.8. The third-order valence-electron chi connectivity index (χ3n) is 8.78. The zero-order valence-corrected chi connectivity index (χ0v) is 21.8. The van der Waals surface area contributed by atoms with Crippen LogP contribution in [0.1, 0.15) is 79.2 Å². The van der Waals surface area contributed by atoms with Gasteiger partial charge in [-0.3, -0.25) is 9.48 Å². The minimum absolute atomic E-state index is 0.137. The molecule has 0 unspecified atom stereocenters. The van der Waals surface area contributed by atoms with Gasteiger partial charge in [0.25, 0.3) is 5.91 Å². The smallest absolute Gasteiger partial charge is 0.274 e. The summed E-state index contributed by atoms with van der Waals surface area (Å²) >= 11 is 0. The third-order valence-corrected chi connectivity index (χ3v) is 8.78. The van der Waals surface area contributed by atoms with Crippen LogP contribution in [0, 0.1) is 0 Å². The molecule has 35 heavy (non-hydrogen) atoms. The average molecular weight is 478 g/mol. The van der Waals surface area contributed by atoms with Gasteiger partial charge in [0.1, 0.15) is 0 Å².